The number of benzene rings is 2. The molecule has 2 nitrogen and oxygen atoms in total. The molecule has 0 saturated carbocycles. The van der Waals surface area contributed by atoms with E-state index in [-0.39, 0.29) is 0 Å². The van der Waals surface area contributed by atoms with Gasteiger partial charge in [-0.05, 0) is 42.2 Å². The van der Waals surface area contributed by atoms with Gasteiger partial charge in [-0.2, -0.15) is 0 Å². The molecule has 3 aromatic rings. The zero-order chi connectivity index (χ0) is 11.2. The average Bonchev–Trinajstić information content (AvgIpc) is 2.74. The standard InChI is InChI=1S/C15H11NO/c1-2-7-14-13(6-1)16-15(17-14)12-5-3-4-10-8-9-11(10)12/h1-7H,8-9H2. The van der Waals surface area contributed by atoms with Crippen LogP contribution in [0.2, 0.25) is 0 Å². The highest BCUT2D eigenvalue weighted by Gasteiger charge is 2.20. The maximum absolute atomic E-state index is 5.81. The molecule has 2 heteroatoms. The van der Waals surface area contributed by atoms with Crippen molar-refractivity contribution in [2.75, 3.05) is 0 Å². The Hall–Kier alpha value is -2.09. The van der Waals surface area contributed by atoms with E-state index >= 15 is 0 Å². The zero-order valence-corrected chi connectivity index (χ0v) is 9.31. The SMILES string of the molecule is c1cc2c(c(-c3nc4ccccc4o3)c1)CC2. The third kappa shape index (κ3) is 1.24. The predicted molar refractivity (Wildman–Crippen MR) is 66.9 cm³/mol. The summed E-state index contributed by atoms with van der Waals surface area (Å²) in [6, 6.07) is 14.3. The maximum atomic E-state index is 5.81. The highest BCUT2D eigenvalue weighted by Crippen LogP contribution is 2.34. The van der Waals surface area contributed by atoms with Crippen LogP contribution in [-0.2, 0) is 12.8 Å². The Morgan fingerprint density at radius 3 is 2.71 bits per heavy atom. The van der Waals surface area contributed by atoms with Crippen molar-refractivity contribution >= 4 is 11.1 Å². The fraction of sp³-hybridized carbons (Fsp3) is 0.133. The summed E-state index contributed by atoms with van der Waals surface area (Å²) in [5, 5.41) is 0. The molecule has 0 bridgehead atoms. The van der Waals surface area contributed by atoms with E-state index in [1.54, 1.807) is 0 Å². The van der Waals surface area contributed by atoms with Crippen LogP contribution in [0.25, 0.3) is 22.6 Å². The van der Waals surface area contributed by atoms with E-state index in [0.29, 0.717) is 0 Å². The molecule has 1 aliphatic carbocycles. The quantitative estimate of drug-likeness (QED) is 0.627. The molecule has 0 fully saturated rings. The largest absolute Gasteiger partial charge is 0.436 e. The van der Waals surface area contributed by atoms with Gasteiger partial charge in [0.05, 0.1) is 0 Å². The summed E-state index contributed by atoms with van der Waals surface area (Å²) in [5.41, 5.74) is 5.78. The molecular weight excluding hydrogens is 210 g/mol. The number of oxazole rings is 1. The maximum Gasteiger partial charge on any atom is 0.227 e. The van der Waals surface area contributed by atoms with Gasteiger partial charge in [0.15, 0.2) is 5.58 Å². The van der Waals surface area contributed by atoms with Crippen molar-refractivity contribution in [1.82, 2.24) is 4.98 Å². The summed E-state index contributed by atoms with van der Waals surface area (Å²) in [5.74, 6) is 0.753. The molecule has 17 heavy (non-hydrogen) atoms. The summed E-state index contributed by atoms with van der Waals surface area (Å²) in [7, 11) is 0. The zero-order valence-electron chi connectivity index (χ0n) is 9.31. The predicted octanol–water partition coefficient (Wildman–Crippen LogP) is 3.59. The van der Waals surface area contributed by atoms with Gasteiger partial charge >= 0.3 is 0 Å². The molecule has 82 valence electrons. The van der Waals surface area contributed by atoms with Gasteiger partial charge in [0, 0.05) is 5.56 Å². The van der Waals surface area contributed by atoms with Gasteiger partial charge < -0.3 is 4.42 Å². The van der Waals surface area contributed by atoms with E-state index in [4.69, 9.17) is 4.42 Å². The number of fused-ring (bicyclic) bond motifs is 2. The molecule has 1 heterocycles. The van der Waals surface area contributed by atoms with E-state index < -0.39 is 0 Å². The molecule has 0 saturated heterocycles. The second-order valence-corrected chi connectivity index (χ2v) is 4.43. The molecular formula is C15H11NO. The fourth-order valence-electron chi connectivity index (χ4n) is 2.43. The Morgan fingerprint density at radius 1 is 0.941 bits per heavy atom. The summed E-state index contributed by atoms with van der Waals surface area (Å²) < 4.78 is 5.81. The van der Waals surface area contributed by atoms with Gasteiger partial charge in [0.1, 0.15) is 5.52 Å². The van der Waals surface area contributed by atoms with Crippen molar-refractivity contribution in [2.24, 2.45) is 0 Å². The van der Waals surface area contributed by atoms with Crippen LogP contribution in [0.15, 0.2) is 46.9 Å². The van der Waals surface area contributed by atoms with Crippen LogP contribution in [0.3, 0.4) is 0 Å². The van der Waals surface area contributed by atoms with Crippen LogP contribution in [0, 0.1) is 0 Å². The van der Waals surface area contributed by atoms with Crippen molar-refractivity contribution in [3.8, 4) is 11.5 Å². The molecule has 0 amide bonds. The third-order valence-corrected chi connectivity index (χ3v) is 3.44. The van der Waals surface area contributed by atoms with Crippen molar-refractivity contribution in [3.05, 3.63) is 53.6 Å². The molecule has 0 aliphatic heterocycles. The van der Waals surface area contributed by atoms with Gasteiger partial charge in [0.25, 0.3) is 0 Å². The minimum Gasteiger partial charge on any atom is -0.436 e. The van der Waals surface area contributed by atoms with Gasteiger partial charge in [-0.25, -0.2) is 4.98 Å². The number of aryl methyl sites for hydroxylation is 1. The van der Waals surface area contributed by atoms with Crippen LogP contribution < -0.4 is 0 Å². The van der Waals surface area contributed by atoms with E-state index in [9.17, 15) is 0 Å². The first-order valence-corrected chi connectivity index (χ1v) is 5.88. The summed E-state index contributed by atoms with van der Waals surface area (Å²) in [6.45, 7) is 0. The van der Waals surface area contributed by atoms with Crippen molar-refractivity contribution < 1.29 is 4.42 Å². The number of hydrogen-bond acceptors (Lipinski definition) is 2. The van der Waals surface area contributed by atoms with E-state index in [0.717, 1.165) is 29.0 Å². The lowest BCUT2D eigenvalue weighted by molar-refractivity contribution is 0.617. The Labute approximate surface area is 98.9 Å². The lowest BCUT2D eigenvalue weighted by atomic mass is 9.85. The third-order valence-electron chi connectivity index (χ3n) is 3.44. The molecule has 0 atom stereocenters. The van der Waals surface area contributed by atoms with Crippen molar-refractivity contribution in [2.45, 2.75) is 12.8 Å². The average molecular weight is 221 g/mol. The van der Waals surface area contributed by atoms with Gasteiger partial charge in [-0.15, -0.1) is 0 Å². The van der Waals surface area contributed by atoms with Gasteiger partial charge in [-0.3, -0.25) is 0 Å². The molecule has 4 rings (SSSR count). The highest BCUT2D eigenvalue weighted by molar-refractivity contribution is 5.77. The molecule has 1 aromatic heterocycles. The topological polar surface area (TPSA) is 26.0 Å². The first-order valence-electron chi connectivity index (χ1n) is 5.88. The van der Waals surface area contributed by atoms with Crippen LogP contribution >= 0.6 is 0 Å². The van der Waals surface area contributed by atoms with Crippen molar-refractivity contribution in [3.63, 3.8) is 0 Å². The lowest BCUT2D eigenvalue weighted by Crippen LogP contribution is -2.09. The van der Waals surface area contributed by atoms with E-state index in [2.05, 4.69) is 23.2 Å². The van der Waals surface area contributed by atoms with Crippen LogP contribution in [-0.4, -0.2) is 4.98 Å². The lowest BCUT2D eigenvalue weighted by Gasteiger charge is -2.20. The van der Waals surface area contributed by atoms with E-state index in [1.165, 1.54) is 17.5 Å². The van der Waals surface area contributed by atoms with E-state index in [1.807, 2.05) is 24.3 Å². The normalized spacial score (nSPS) is 13.4. The minimum absolute atomic E-state index is 0.753. The molecule has 0 N–H and O–H groups in total. The molecule has 0 radical (unpaired) electrons. The molecule has 1 aliphatic rings. The second kappa shape index (κ2) is 3.20. The first kappa shape index (κ1) is 8.99. The van der Waals surface area contributed by atoms with Crippen molar-refractivity contribution in [1.29, 1.82) is 0 Å². The molecule has 0 spiro atoms. The number of para-hydroxylation sites is 2. The smallest absolute Gasteiger partial charge is 0.227 e. The number of nitrogens with zero attached hydrogens (tertiary/aromatic N) is 1. The summed E-state index contributed by atoms with van der Waals surface area (Å²) in [6.07, 6.45) is 2.33. The fourth-order valence-corrected chi connectivity index (χ4v) is 2.43. The summed E-state index contributed by atoms with van der Waals surface area (Å²) in [4.78, 5) is 4.55. The Bertz CT molecular complexity index is 679. The van der Waals surface area contributed by atoms with Crippen LogP contribution in [0.1, 0.15) is 11.1 Å². The van der Waals surface area contributed by atoms with Crippen LogP contribution in [0.5, 0.6) is 0 Å². The first-order chi connectivity index (χ1) is 8.42. The number of rotatable bonds is 1. The Kier molecular flexibility index (Phi) is 1.69. The molecule has 2 aromatic carbocycles. The van der Waals surface area contributed by atoms with Crippen LogP contribution in [0.4, 0.5) is 0 Å². The van der Waals surface area contributed by atoms with Gasteiger partial charge in [0.2, 0.25) is 5.89 Å². The Balaban J connectivity index is 1.96. The second-order valence-electron chi connectivity index (χ2n) is 4.43. The minimum atomic E-state index is 0.753. The summed E-state index contributed by atoms with van der Waals surface area (Å²) >= 11 is 0. The highest BCUT2D eigenvalue weighted by atomic mass is 16.3. The van der Waals surface area contributed by atoms with Gasteiger partial charge in [-0.1, -0.05) is 24.3 Å². The number of aromatic nitrogens is 1. The monoisotopic (exact) mass is 221 g/mol. The molecule has 0 unspecified atom stereocenters. The number of hydrogen-bond donors (Lipinski definition) is 0. The Morgan fingerprint density at radius 2 is 1.88 bits per heavy atom.